The second kappa shape index (κ2) is 4.81. The smallest absolute Gasteiger partial charge is 0.0162 e. The molecule has 0 heterocycles. The van der Waals surface area contributed by atoms with Crippen molar-refractivity contribution >= 4 is 22.6 Å². The van der Waals surface area contributed by atoms with Crippen molar-refractivity contribution in [2.75, 3.05) is 0 Å². The van der Waals surface area contributed by atoms with Crippen molar-refractivity contribution in [3.05, 3.63) is 56.2 Å². The van der Waals surface area contributed by atoms with E-state index in [1.807, 2.05) is 0 Å². The van der Waals surface area contributed by atoms with Gasteiger partial charge in [0.1, 0.15) is 0 Å². The average molecular weight is 336 g/mol. The van der Waals surface area contributed by atoms with E-state index in [0.717, 1.165) is 0 Å². The first kappa shape index (κ1) is 12.6. The molecule has 0 amide bonds. The van der Waals surface area contributed by atoms with E-state index in [4.69, 9.17) is 0 Å². The van der Waals surface area contributed by atoms with Gasteiger partial charge in [0.05, 0.1) is 0 Å². The summed E-state index contributed by atoms with van der Waals surface area (Å²) in [4.78, 5) is 0. The molecule has 0 unspecified atom stereocenters. The van der Waals surface area contributed by atoms with Crippen LogP contribution in [0.25, 0.3) is 11.1 Å². The molecule has 0 spiro atoms. The van der Waals surface area contributed by atoms with E-state index in [1.54, 1.807) is 0 Å². The summed E-state index contributed by atoms with van der Waals surface area (Å²) in [6.07, 6.45) is 0. The summed E-state index contributed by atoms with van der Waals surface area (Å²) in [6.45, 7) is 8.80. The zero-order chi connectivity index (χ0) is 12.6. The third kappa shape index (κ3) is 2.25. The highest BCUT2D eigenvalue weighted by Gasteiger charge is 2.09. The molecule has 2 rings (SSSR count). The molecule has 0 aliphatic rings. The van der Waals surface area contributed by atoms with Crippen LogP contribution in [0.4, 0.5) is 0 Å². The molecule has 17 heavy (non-hydrogen) atoms. The fraction of sp³-hybridized carbons (Fsp3) is 0.250. The molecule has 0 nitrogen and oxygen atoms in total. The number of benzene rings is 2. The molecule has 1 heteroatoms. The number of aryl methyl sites for hydroxylation is 1. The Labute approximate surface area is 117 Å². The molecule has 0 aliphatic heterocycles. The van der Waals surface area contributed by atoms with Crippen LogP contribution in [0.15, 0.2) is 30.3 Å². The minimum absolute atomic E-state index is 1.34. The summed E-state index contributed by atoms with van der Waals surface area (Å²) < 4.78 is 1.34. The summed E-state index contributed by atoms with van der Waals surface area (Å²) in [6, 6.07) is 11.0. The van der Waals surface area contributed by atoms with E-state index < -0.39 is 0 Å². The maximum atomic E-state index is 2.40. The Morgan fingerprint density at radius 2 is 1.35 bits per heavy atom. The maximum absolute atomic E-state index is 2.40. The Kier molecular flexibility index (Phi) is 3.57. The van der Waals surface area contributed by atoms with E-state index in [-0.39, 0.29) is 0 Å². The molecule has 0 N–H and O–H groups in total. The molecule has 2 aromatic carbocycles. The van der Waals surface area contributed by atoms with Crippen LogP contribution < -0.4 is 0 Å². The van der Waals surface area contributed by atoms with E-state index in [9.17, 15) is 0 Å². The fourth-order valence-corrected chi connectivity index (χ4v) is 2.71. The molecule has 0 saturated carbocycles. The monoisotopic (exact) mass is 336 g/mol. The van der Waals surface area contributed by atoms with Gasteiger partial charge in [0.15, 0.2) is 0 Å². The highest BCUT2D eigenvalue weighted by atomic mass is 127. The van der Waals surface area contributed by atoms with Gasteiger partial charge < -0.3 is 0 Å². The Bertz CT molecular complexity index is 568. The third-order valence-electron chi connectivity index (χ3n) is 3.62. The molecule has 0 saturated heterocycles. The first-order valence-electron chi connectivity index (χ1n) is 5.84. The zero-order valence-corrected chi connectivity index (χ0v) is 12.9. The second-order valence-corrected chi connectivity index (χ2v) is 5.75. The van der Waals surface area contributed by atoms with Crippen LogP contribution in [-0.2, 0) is 0 Å². The van der Waals surface area contributed by atoms with Crippen LogP contribution in [0.2, 0.25) is 0 Å². The molecule has 0 bridgehead atoms. The quantitative estimate of drug-likeness (QED) is 0.629. The highest BCUT2D eigenvalue weighted by molar-refractivity contribution is 14.1. The second-order valence-electron chi connectivity index (χ2n) is 4.59. The van der Waals surface area contributed by atoms with E-state index >= 15 is 0 Å². The van der Waals surface area contributed by atoms with Gasteiger partial charge in [-0.15, -0.1) is 0 Å². The molecule has 0 aliphatic carbocycles. The maximum Gasteiger partial charge on any atom is 0.0162 e. The SMILES string of the molecule is Cc1cccc(-c2ccc(I)c(C)c2C)c1C. The molecule has 0 fully saturated rings. The Hall–Kier alpha value is -0.830. The van der Waals surface area contributed by atoms with E-state index in [2.05, 4.69) is 80.6 Å². The lowest BCUT2D eigenvalue weighted by Crippen LogP contribution is -1.93. The minimum Gasteiger partial charge on any atom is -0.0614 e. The van der Waals surface area contributed by atoms with Crippen molar-refractivity contribution in [1.82, 2.24) is 0 Å². The molecular weight excluding hydrogens is 319 g/mol. The van der Waals surface area contributed by atoms with Crippen molar-refractivity contribution in [2.45, 2.75) is 27.7 Å². The van der Waals surface area contributed by atoms with Gasteiger partial charge in [0, 0.05) is 3.57 Å². The largest absolute Gasteiger partial charge is 0.0614 e. The van der Waals surface area contributed by atoms with Gasteiger partial charge >= 0.3 is 0 Å². The highest BCUT2D eigenvalue weighted by Crippen LogP contribution is 2.31. The van der Waals surface area contributed by atoms with Crippen LogP contribution in [-0.4, -0.2) is 0 Å². The van der Waals surface area contributed by atoms with E-state index in [0.29, 0.717) is 0 Å². The van der Waals surface area contributed by atoms with Gasteiger partial charge in [-0.1, -0.05) is 24.3 Å². The lowest BCUT2D eigenvalue weighted by Gasteiger charge is -2.14. The van der Waals surface area contributed by atoms with Gasteiger partial charge in [0.25, 0.3) is 0 Å². The van der Waals surface area contributed by atoms with Gasteiger partial charge in [-0.3, -0.25) is 0 Å². The Morgan fingerprint density at radius 1 is 0.706 bits per heavy atom. The molecular formula is C16H17I. The van der Waals surface area contributed by atoms with Crippen LogP contribution in [0.1, 0.15) is 22.3 Å². The van der Waals surface area contributed by atoms with Crippen LogP contribution in [0, 0.1) is 31.3 Å². The van der Waals surface area contributed by atoms with Crippen LogP contribution >= 0.6 is 22.6 Å². The molecule has 0 radical (unpaired) electrons. The minimum atomic E-state index is 1.34. The number of rotatable bonds is 1. The van der Waals surface area contributed by atoms with E-state index in [1.165, 1.54) is 37.0 Å². The summed E-state index contributed by atoms with van der Waals surface area (Å²) in [5.74, 6) is 0. The Balaban J connectivity index is 2.69. The van der Waals surface area contributed by atoms with Crippen molar-refractivity contribution in [1.29, 1.82) is 0 Å². The summed E-state index contributed by atoms with van der Waals surface area (Å²) in [7, 11) is 0. The number of halogens is 1. The molecule has 0 aromatic heterocycles. The molecule has 88 valence electrons. The van der Waals surface area contributed by atoms with Crippen molar-refractivity contribution in [2.24, 2.45) is 0 Å². The lowest BCUT2D eigenvalue weighted by molar-refractivity contribution is 1.29. The third-order valence-corrected chi connectivity index (χ3v) is 4.78. The van der Waals surface area contributed by atoms with Gasteiger partial charge in [-0.25, -0.2) is 0 Å². The standard InChI is InChI=1S/C16H17I/c1-10-6-5-7-14(11(10)2)15-8-9-16(17)13(4)12(15)3/h5-9H,1-4H3. The number of hydrogen-bond acceptors (Lipinski definition) is 0. The zero-order valence-electron chi connectivity index (χ0n) is 10.8. The normalized spacial score (nSPS) is 10.6. The first-order chi connectivity index (χ1) is 8.02. The number of hydrogen-bond donors (Lipinski definition) is 0. The fourth-order valence-electron chi connectivity index (χ4n) is 2.12. The van der Waals surface area contributed by atoms with Crippen molar-refractivity contribution in [3.63, 3.8) is 0 Å². The predicted molar refractivity (Wildman–Crippen MR) is 83.5 cm³/mol. The van der Waals surface area contributed by atoms with Crippen molar-refractivity contribution < 1.29 is 0 Å². The topological polar surface area (TPSA) is 0 Å². The van der Waals surface area contributed by atoms with Gasteiger partial charge in [-0.2, -0.15) is 0 Å². The lowest BCUT2D eigenvalue weighted by atomic mass is 9.92. The predicted octanol–water partition coefficient (Wildman–Crippen LogP) is 5.19. The van der Waals surface area contributed by atoms with Crippen LogP contribution in [0.3, 0.4) is 0 Å². The average Bonchev–Trinajstić information content (AvgIpc) is 2.31. The molecule has 2 aromatic rings. The van der Waals surface area contributed by atoms with Gasteiger partial charge in [0.2, 0.25) is 0 Å². The summed E-state index contributed by atoms with van der Waals surface area (Å²) >= 11 is 2.40. The molecule has 0 atom stereocenters. The van der Waals surface area contributed by atoms with Crippen molar-refractivity contribution in [3.8, 4) is 11.1 Å². The first-order valence-corrected chi connectivity index (χ1v) is 6.92. The van der Waals surface area contributed by atoms with Crippen LogP contribution in [0.5, 0.6) is 0 Å². The Morgan fingerprint density at radius 3 is 2.06 bits per heavy atom. The summed E-state index contributed by atoms with van der Waals surface area (Å²) in [5, 5.41) is 0. The van der Waals surface area contributed by atoms with Gasteiger partial charge in [-0.05, 0) is 89.7 Å². The summed E-state index contributed by atoms with van der Waals surface area (Å²) in [5.41, 5.74) is 8.26.